The van der Waals surface area contributed by atoms with Gasteiger partial charge in [0.15, 0.2) is 15.4 Å². The molecule has 0 atom stereocenters. The first-order valence-electron chi connectivity index (χ1n) is 9.73. The molecule has 0 unspecified atom stereocenters. The molecule has 0 aliphatic carbocycles. The zero-order valence-electron chi connectivity index (χ0n) is 16.9. The maximum Gasteiger partial charge on any atom is 0.293 e. The van der Waals surface area contributed by atoms with Gasteiger partial charge in [0.1, 0.15) is 21.8 Å². The van der Waals surface area contributed by atoms with Crippen molar-refractivity contribution < 1.29 is 4.42 Å². The largest absolute Gasteiger partial charge is 0.455 e. The monoisotopic (exact) mass is 446 g/mol. The molecule has 31 heavy (non-hydrogen) atoms. The fourth-order valence-corrected chi connectivity index (χ4v) is 4.73. The van der Waals surface area contributed by atoms with Crippen molar-refractivity contribution in [1.82, 2.24) is 14.2 Å². The molecule has 0 saturated carbocycles. The molecule has 0 bridgehead atoms. The number of nitrogens with zero attached hydrogens (tertiary/aromatic N) is 4. The van der Waals surface area contributed by atoms with Gasteiger partial charge in [-0.25, -0.2) is 4.98 Å². The van der Waals surface area contributed by atoms with Crippen LogP contribution in [0.1, 0.15) is 24.1 Å². The molecular formula is C23H18N4O2S2. The van der Waals surface area contributed by atoms with E-state index in [1.807, 2.05) is 72.2 Å². The zero-order chi connectivity index (χ0) is 21.5. The molecular weight excluding hydrogens is 428 g/mol. The van der Waals surface area contributed by atoms with Gasteiger partial charge in [0, 0.05) is 5.39 Å². The lowest BCUT2D eigenvalue weighted by molar-refractivity contribution is 0.601. The standard InChI is InChI=1S/C23H18N4O2S2/c1-14(19-12-17-10-6-7-11-18(17)29-19)25-27-15(2)24-21-20(22(27)28)31-23(30)26(21)13-16-8-4-3-5-9-16/h3-12H,13H2,1-2H3/b25-14+. The number of hydrogen-bond acceptors (Lipinski definition) is 6. The van der Waals surface area contributed by atoms with Crippen molar-refractivity contribution in [3.8, 4) is 0 Å². The van der Waals surface area contributed by atoms with Gasteiger partial charge in [0.25, 0.3) is 5.56 Å². The Morgan fingerprint density at radius 3 is 2.68 bits per heavy atom. The van der Waals surface area contributed by atoms with Crippen LogP contribution in [0, 0.1) is 10.9 Å². The summed E-state index contributed by atoms with van der Waals surface area (Å²) in [6.45, 7) is 4.15. The van der Waals surface area contributed by atoms with Crippen LogP contribution in [0.3, 0.4) is 0 Å². The predicted octanol–water partition coefficient (Wildman–Crippen LogP) is 5.36. The molecule has 0 amide bonds. The third-order valence-electron chi connectivity index (χ3n) is 5.04. The molecule has 0 saturated heterocycles. The van der Waals surface area contributed by atoms with Gasteiger partial charge < -0.3 is 8.98 Å². The number of furan rings is 1. The smallest absolute Gasteiger partial charge is 0.293 e. The summed E-state index contributed by atoms with van der Waals surface area (Å²) in [5.41, 5.74) is 2.83. The summed E-state index contributed by atoms with van der Waals surface area (Å²) in [7, 11) is 0. The van der Waals surface area contributed by atoms with E-state index in [2.05, 4.69) is 10.1 Å². The van der Waals surface area contributed by atoms with E-state index < -0.39 is 0 Å². The first-order valence-corrected chi connectivity index (χ1v) is 10.9. The zero-order valence-corrected chi connectivity index (χ0v) is 18.5. The van der Waals surface area contributed by atoms with Crippen LogP contribution in [-0.2, 0) is 6.54 Å². The third-order valence-corrected chi connectivity index (χ3v) is 6.47. The lowest BCUT2D eigenvalue weighted by Gasteiger charge is -2.07. The topological polar surface area (TPSA) is 65.3 Å². The number of rotatable bonds is 4. The number of para-hydroxylation sites is 1. The Morgan fingerprint density at radius 2 is 1.90 bits per heavy atom. The minimum absolute atomic E-state index is 0.235. The SMILES string of the molecule is C/C(=N\n1c(C)nc2c(sc(=S)n2Cc2ccccc2)c1=O)c1cc2ccccc2o1. The minimum Gasteiger partial charge on any atom is -0.455 e. The van der Waals surface area contributed by atoms with E-state index in [-0.39, 0.29) is 5.56 Å². The molecule has 0 radical (unpaired) electrons. The average Bonchev–Trinajstić information content (AvgIpc) is 3.34. The van der Waals surface area contributed by atoms with E-state index in [4.69, 9.17) is 16.6 Å². The Labute approximate surface area is 186 Å². The highest BCUT2D eigenvalue weighted by atomic mass is 32.1. The molecule has 0 fully saturated rings. The van der Waals surface area contributed by atoms with Crippen LogP contribution in [0.25, 0.3) is 21.3 Å². The number of thiazole rings is 1. The van der Waals surface area contributed by atoms with E-state index in [1.165, 1.54) is 16.0 Å². The number of aromatic nitrogens is 3. The van der Waals surface area contributed by atoms with Crippen LogP contribution >= 0.6 is 23.6 Å². The van der Waals surface area contributed by atoms with E-state index in [1.54, 1.807) is 6.92 Å². The molecule has 6 nitrogen and oxygen atoms in total. The van der Waals surface area contributed by atoms with Crippen molar-refractivity contribution >= 4 is 50.6 Å². The molecule has 0 aliphatic rings. The quantitative estimate of drug-likeness (QED) is 0.275. The lowest BCUT2D eigenvalue weighted by atomic mass is 10.2. The summed E-state index contributed by atoms with van der Waals surface area (Å²) in [5, 5.41) is 5.51. The predicted molar refractivity (Wildman–Crippen MR) is 127 cm³/mol. The normalized spacial score (nSPS) is 12.1. The molecule has 3 aromatic heterocycles. The van der Waals surface area contributed by atoms with Gasteiger partial charge >= 0.3 is 0 Å². The highest BCUT2D eigenvalue weighted by molar-refractivity contribution is 7.73. The van der Waals surface area contributed by atoms with E-state index in [0.29, 0.717) is 38.1 Å². The van der Waals surface area contributed by atoms with Gasteiger partial charge in [-0.1, -0.05) is 59.9 Å². The van der Waals surface area contributed by atoms with Gasteiger partial charge in [-0.2, -0.15) is 9.78 Å². The van der Waals surface area contributed by atoms with Crippen LogP contribution in [0.4, 0.5) is 0 Å². The van der Waals surface area contributed by atoms with Gasteiger partial charge in [-0.15, -0.1) is 0 Å². The lowest BCUT2D eigenvalue weighted by Crippen LogP contribution is -2.21. The van der Waals surface area contributed by atoms with Crippen LogP contribution in [0.2, 0.25) is 0 Å². The fourth-order valence-electron chi connectivity index (χ4n) is 3.47. The van der Waals surface area contributed by atoms with Crippen molar-refractivity contribution in [3.63, 3.8) is 0 Å². The molecule has 154 valence electrons. The first-order chi connectivity index (χ1) is 15.0. The summed E-state index contributed by atoms with van der Waals surface area (Å²) >= 11 is 6.81. The van der Waals surface area contributed by atoms with Crippen LogP contribution in [0.5, 0.6) is 0 Å². The van der Waals surface area contributed by atoms with E-state index in [9.17, 15) is 4.79 Å². The molecule has 5 rings (SSSR count). The highest BCUT2D eigenvalue weighted by Gasteiger charge is 2.16. The van der Waals surface area contributed by atoms with Crippen LogP contribution in [-0.4, -0.2) is 19.9 Å². The number of hydrogen-bond donors (Lipinski definition) is 0. The number of fused-ring (bicyclic) bond motifs is 2. The van der Waals surface area contributed by atoms with Gasteiger partial charge in [-0.05, 0) is 43.8 Å². The number of aryl methyl sites for hydroxylation is 1. The Hall–Kier alpha value is -3.36. The second-order valence-electron chi connectivity index (χ2n) is 7.20. The summed E-state index contributed by atoms with van der Waals surface area (Å²) in [4.78, 5) is 17.9. The van der Waals surface area contributed by atoms with Crippen molar-refractivity contribution in [2.75, 3.05) is 0 Å². The van der Waals surface area contributed by atoms with Gasteiger partial charge in [0.2, 0.25) is 0 Å². The average molecular weight is 447 g/mol. The molecule has 8 heteroatoms. The molecule has 0 N–H and O–H groups in total. The molecule has 5 aromatic rings. The van der Waals surface area contributed by atoms with Crippen molar-refractivity contribution in [2.24, 2.45) is 5.10 Å². The summed E-state index contributed by atoms with van der Waals surface area (Å²) in [5.74, 6) is 1.10. The Morgan fingerprint density at radius 1 is 1.16 bits per heavy atom. The van der Waals surface area contributed by atoms with E-state index in [0.717, 1.165) is 16.5 Å². The Balaban J connectivity index is 1.61. The Bertz CT molecular complexity index is 1540. The summed E-state index contributed by atoms with van der Waals surface area (Å²) in [6, 6.07) is 19.7. The van der Waals surface area contributed by atoms with Crippen molar-refractivity contribution in [3.05, 3.63) is 92.1 Å². The summed E-state index contributed by atoms with van der Waals surface area (Å²) in [6.07, 6.45) is 0. The van der Waals surface area contributed by atoms with Crippen LogP contribution < -0.4 is 5.56 Å². The molecule has 0 spiro atoms. The number of benzene rings is 2. The van der Waals surface area contributed by atoms with Crippen LogP contribution in [0.15, 0.2) is 75.0 Å². The minimum atomic E-state index is -0.235. The second kappa shape index (κ2) is 7.72. The Kier molecular flexibility index (Phi) is 4.88. The maximum atomic E-state index is 13.2. The van der Waals surface area contributed by atoms with Gasteiger partial charge in [-0.3, -0.25) is 4.79 Å². The third kappa shape index (κ3) is 3.54. The first kappa shape index (κ1) is 19.6. The van der Waals surface area contributed by atoms with Gasteiger partial charge in [0.05, 0.1) is 6.54 Å². The van der Waals surface area contributed by atoms with Crippen molar-refractivity contribution in [1.29, 1.82) is 0 Å². The molecule has 0 aliphatic heterocycles. The second-order valence-corrected chi connectivity index (χ2v) is 8.85. The maximum absolute atomic E-state index is 13.2. The molecule has 3 heterocycles. The fraction of sp³-hybridized carbons (Fsp3) is 0.130. The van der Waals surface area contributed by atoms with Crippen molar-refractivity contribution in [2.45, 2.75) is 20.4 Å². The summed E-state index contributed by atoms with van der Waals surface area (Å²) < 4.78 is 10.2. The highest BCUT2D eigenvalue weighted by Crippen LogP contribution is 2.22. The molecule has 2 aromatic carbocycles. The van der Waals surface area contributed by atoms with E-state index >= 15 is 0 Å².